The second kappa shape index (κ2) is 8.57. The molecule has 0 amide bonds. The van der Waals surface area contributed by atoms with Crippen molar-refractivity contribution in [3.05, 3.63) is 77.2 Å². The largest absolute Gasteiger partial charge is 0.401 e. The molecule has 4 rings (SSSR count). The van der Waals surface area contributed by atoms with Crippen LogP contribution in [0, 0.1) is 5.41 Å². The van der Waals surface area contributed by atoms with Crippen molar-refractivity contribution >= 4 is 34.1 Å². The standard InChI is InChI=1S/C24H29N7/c1-15(26)24-18-7-6-16(17(13-25)14-28-2)12-20(18)23(9-11-31(24)27)30-22-5-3-4-21-19(22)8-10-29-21/h3-8,10,12-14,23,25,28-30H,9,11,26-27H2,1-2H3/b17-14+,24-15-,25-13?. The molecular weight excluding hydrogens is 386 g/mol. The van der Waals surface area contributed by atoms with Gasteiger partial charge < -0.3 is 31.8 Å². The molecule has 160 valence electrons. The van der Waals surface area contributed by atoms with Crippen LogP contribution in [0.25, 0.3) is 22.2 Å². The number of allylic oxidation sites excluding steroid dienone is 2. The Morgan fingerprint density at radius 3 is 2.84 bits per heavy atom. The number of nitrogens with one attached hydrogen (secondary N) is 4. The number of aromatic nitrogens is 1. The molecule has 0 aliphatic carbocycles. The SMILES string of the molecule is CN/C=C(\C=N)c1ccc2c(c1)C(Nc1cccc3[nH]ccc13)CCN(N)/C2=C(/C)N. The van der Waals surface area contributed by atoms with Gasteiger partial charge in [-0.1, -0.05) is 18.2 Å². The normalized spacial score (nSPS) is 18.4. The number of hydrogen-bond acceptors (Lipinski definition) is 6. The van der Waals surface area contributed by atoms with Gasteiger partial charge in [-0.25, -0.2) is 5.84 Å². The lowest BCUT2D eigenvalue weighted by molar-refractivity contribution is 0.402. The highest BCUT2D eigenvalue weighted by Crippen LogP contribution is 2.37. The molecule has 8 N–H and O–H groups in total. The number of benzene rings is 2. The molecule has 1 unspecified atom stereocenters. The molecule has 1 aliphatic heterocycles. The van der Waals surface area contributed by atoms with Crippen LogP contribution in [-0.2, 0) is 0 Å². The number of fused-ring (bicyclic) bond motifs is 2. The lowest BCUT2D eigenvalue weighted by Gasteiger charge is -2.22. The summed E-state index contributed by atoms with van der Waals surface area (Å²) in [7, 11) is 1.83. The van der Waals surface area contributed by atoms with Crippen molar-refractivity contribution in [3.8, 4) is 0 Å². The Kier molecular flexibility index (Phi) is 5.68. The molecule has 3 aromatic rings. The first kappa shape index (κ1) is 20.6. The van der Waals surface area contributed by atoms with Crippen molar-refractivity contribution in [3.63, 3.8) is 0 Å². The molecule has 0 saturated heterocycles. The van der Waals surface area contributed by atoms with Crippen molar-refractivity contribution in [2.45, 2.75) is 19.4 Å². The van der Waals surface area contributed by atoms with E-state index in [4.69, 9.17) is 17.0 Å². The van der Waals surface area contributed by atoms with Gasteiger partial charge in [0, 0.05) is 65.6 Å². The van der Waals surface area contributed by atoms with Crippen LogP contribution in [0.4, 0.5) is 5.69 Å². The molecule has 1 aliphatic rings. The summed E-state index contributed by atoms with van der Waals surface area (Å²) in [5.74, 6) is 6.40. The molecule has 2 aromatic carbocycles. The average molecular weight is 416 g/mol. The monoisotopic (exact) mass is 415 g/mol. The molecule has 31 heavy (non-hydrogen) atoms. The number of nitrogens with zero attached hydrogens (tertiary/aromatic N) is 1. The Balaban J connectivity index is 1.86. The fraction of sp³-hybridized carbons (Fsp3) is 0.208. The first-order valence-corrected chi connectivity index (χ1v) is 10.4. The predicted octanol–water partition coefficient (Wildman–Crippen LogP) is 3.76. The summed E-state index contributed by atoms with van der Waals surface area (Å²) in [6, 6.07) is 14.5. The van der Waals surface area contributed by atoms with Crippen LogP contribution in [-0.4, -0.2) is 29.8 Å². The van der Waals surface area contributed by atoms with Crippen LogP contribution in [0.3, 0.4) is 0 Å². The summed E-state index contributed by atoms with van der Waals surface area (Å²) in [5.41, 5.74) is 13.8. The fourth-order valence-corrected chi connectivity index (χ4v) is 4.29. The molecule has 0 spiro atoms. The summed E-state index contributed by atoms with van der Waals surface area (Å²) in [5, 5.41) is 17.5. The third-order valence-corrected chi connectivity index (χ3v) is 5.71. The molecule has 1 atom stereocenters. The van der Waals surface area contributed by atoms with Gasteiger partial charge in [-0.05, 0) is 48.7 Å². The second-order valence-corrected chi connectivity index (χ2v) is 7.79. The molecule has 1 aromatic heterocycles. The Hall–Kier alpha value is -3.71. The number of rotatable bonds is 5. The molecule has 0 radical (unpaired) electrons. The lowest BCUT2D eigenvalue weighted by Crippen LogP contribution is -2.31. The Bertz CT molecular complexity index is 1170. The van der Waals surface area contributed by atoms with Crippen LogP contribution in [0.1, 0.15) is 36.1 Å². The smallest absolute Gasteiger partial charge is 0.0777 e. The van der Waals surface area contributed by atoms with Crippen molar-refractivity contribution in [2.75, 3.05) is 18.9 Å². The van der Waals surface area contributed by atoms with Crippen LogP contribution in [0.15, 0.2) is 60.6 Å². The minimum Gasteiger partial charge on any atom is -0.401 e. The second-order valence-electron chi connectivity index (χ2n) is 7.79. The summed E-state index contributed by atoms with van der Waals surface area (Å²) >= 11 is 0. The molecule has 7 nitrogen and oxygen atoms in total. The van der Waals surface area contributed by atoms with Gasteiger partial charge in [-0.15, -0.1) is 0 Å². The van der Waals surface area contributed by atoms with E-state index in [1.165, 1.54) is 6.21 Å². The van der Waals surface area contributed by atoms with Crippen molar-refractivity contribution in [2.24, 2.45) is 11.6 Å². The third-order valence-electron chi connectivity index (χ3n) is 5.71. The van der Waals surface area contributed by atoms with E-state index < -0.39 is 0 Å². The van der Waals surface area contributed by atoms with Crippen molar-refractivity contribution < 1.29 is 0 Å². The van der Waals surface area contributed by atoms with Crippen LogP contribution in [0.2, 0.25) is 0 Å². The number of hydrazine groups is 1. The lowest BCUT2D eigenvalue weighted by atomic mass is 9.92. The Labute approximate surface area is 182 Å². The van der Waals surface area contributed by atoms with E-state index in [1.54, 1.807) is 5.01 Å². The highest BCUT2D eigenvalue weighted by Gasteiger charge is 2.26. The first-order chi connectivity index (χ1) is 15.0. The Morgan fingerprint density at radius 2 is 2.10 bits per heavy atom. The van der Waals surface area contributed by atoms with Gasteiger partial charge in [0.25, 0.3) is 0 Å². The number of hydrogen-bond donors (Lipinski definition) is 6. The number of anilines is 1. The van der Waals surface area contributed by atoms with Gasteiger partial charge in [0.15, 0.2) is 0 Å². The zero-order valence-electron chi connectivity index (χ0n) is 17.9. The van der Waals surface area contributed by atoms with Crippen LogP contribution < -0.4 is 22.2 Å². The minimum atomic E-state index is 0.0277. The molecule has 0 bridgehead atoms. The zero-order valence-corrected chi connectivity index (χ0v) is 17.9. The molecule has 2 heterocycles. The van der Waals surface area contributed by atoms with Crippen LogP contribution in [0.5, 0.6) is 0 Å². The van der Waals surface area contributed by atoms with Gasteiger partial charge in [0.05, 0.1) is 11.7 Å². The maximum atomic E-state index is 7.82. The minimum absolute atomic E-state index is 0.0277. The van der Waals surface area contributed by atoms with Gasteiger partial charge in [-0.2, -0.15) is 0 Å². The van der Waals surface area contributed by atoms with Gasteiger partial charge in [0.2, 0.25) is 0 Å². The maximum Gasteiger partial charge on any atom is 0.0777 e. The quantitative estimate of drug-likeness (QED) is 0.280. The molecular formula is C24H29N7. The molecule has 7 heteroatoms. The van der Waals surface area contributed by atoms with E-state index >= 15 is 0 Å². The van der Waals surface area contributed by atoms with E-state index in [0.29, 0.717) is 12.2 Å². The number of nitrogens with two attached hydrogens (primary N) is 2. The van der Waals surface area contributed by atoms with Gasteiger partial charge >= 0.3 is 0 Å². The number of H-pyrrole nitrogens is 1. The first-order valence-electron chi connectivity index (χ1n) is 10.4. The van der Waals surface area contributed by atoms with E-state index in [9.17, 15) is 0 Å². The molecule has 0 fully saturated rings. The summed E-state index contributed by atoms with van der Waals surface area (Å²) in [4.78, 5) is 3.27. The van der Waals surface area contributed by atoms with Crippen molar-refractivity contribution in [1.29, 1.82) is 5.41 Å². The summed E-state index contributed by atoms with van der Waals surface area (Å²) < 4.78 is 0. The van der Waals surface area contributed by atoms with Gasteiger partial charge in [0.1, 0.15) is 0 Å². The predicted molar refractivity (Wildman–Crippen MR) is 129 cm³/mol. The van der Waals surface area contributed by atoms with Crippen molar-refractivity contribution in [1.82, 2.24) is 15.3 Å². The average Bonchev–Trinajstić information content (AvgIpc) is 3.20. The highest BCUT2D eigenvalue weighted by molar-refractivity contribution is 6.08. The van der Waals surface area contributed by atoms with E-state index in [-0.39, 0.29) is 6.04 Å². The van der Waals surface area contributed by atoms with Gasteiger partial charge in [-0.3, -0.25) is 0 Å². The Morgan fingerprint density at radius 1 is 1.26 bits per heavy atom. The van der Waals surface area contributed by atoms with Crippen LogP contribution >= 0.6 is 0 Å². The third kappa shape index (κ3) is 3.87. The zero-order chi connectivity index (χ0) is 22.0. The highest BCUT2D eigenvalue weighted by atomic mass is 15.4. The fourth-order valence-electron chi connectivity index (χ4n) is 4.29. The van der Waals surface area contributed by atoms with E-state index in [1.807, 2.05) is 38.5 Å². The maximum absolute atomic E-state index is 7.82. The van der Waals surface area contributed by atoms with E-state index in [0.717, 1.165) is 51.0 Å². The number of aromatic amines is 1. The topological polar surface area (TPSA) is 119 Å². The van der Waals surface area contributed by atoms with E-state index in [2.05, 4.69) is 45.9 Å². The summed E-state index contributed by atoms with van der Waals surface area (Å²) in [6.45, 7) is 2.55. The summed E-state index contributed by atoms with van der Waals surface area (Å²) in [6.07, 6.45) is 5.95. The molecule has 0 saturated carbocycles.